The monoisotopic (exact) mass is 145 g/mol. The summed E-state index contributed by atoms with van der Waals surface area (Å²) >= 11 is 0. The van der Waals surface area contributed by atoms with Crippen LogP contribution in [0.1, 0.15) is 6.42 Å². The summed E-state index contributed by atoms with van der Waals surface area (Å²) in [6, 6.07) is -0.324. The minimum Gasteiger partial charge on any atom is -0.298 e. The third-order valence-electron chi connectivity index (χ3n) is 1.89. The van der Waals surface area contributed by atoms with Gasteiger partial charge in [0.2, 0.25) is 0 Å². The Bertz CT molecular complexity index is 129. The minimum atomic E-state index is -1.68. The number of hydrogen-bond acceptors (Lipinski definition) is 1. The SMILES string of the molecule is [B]C1(F)CC(CF)N(C)C1. The van der Waals surface area contributed by atoms with Gasteiger partial charge in [0, 0.05) is 12.6 Å². The van der Waals surface area contributed by atoms with E-state index >= 15 is 0 Å². The quantitative estimate of drug-likeness (QED) is 0.485. The second kappa shape index (κ2) is 2.49. The van der Waals surface area contributed by atoms with Crippen molar-refractivity contribution < 1.29 is 8.78 Å². The number of alkyl halides is 2. The molecule has 1 aliphatic rings. The first kappa shape index (κ1) is 7.99. The first-order chi connectivity index (χ1) is 4.55. The topological polar surface area (TPSA) is 3.24 Å². The molecule has 2 radical (unpaired) electrons. The second-order valence-corrected chi connectivity index (χ2v) is 2.96. The van der Waals surface area contributed by atoms with Crippen molar-refractivity contribution in [1.82, 2.24) is 4.90 Å². The van der Waals surface area contributed by atoms with E-state index in [1.54, 1.807) is 11.9 Å². The van der Waals surface area contributed by atoms with Gasteiger partial charge in [0.05, 0.1) is 5.57 Å². The van der Waals surface area contributed by atoms with E-state index in [0.29, 0.717) is 0 Å². The lowest BCUT2D eigenvalue weighted by Gasteiger charge is -2.14. The molecule has 1 saturated heterocycles. The Morgan fingerprint density at radius 2 is 2.40 bits per heavy atom. The van der Waals surface area contributed by atoms with Gasteiger partial charge in [-0.15, -0.1) is 0 Å². The van der Waals surface area contributed by atoms with Crippen molar-refractivity contribution in [2.75, 3.05) is 20.3 Å². The Kier molecular flexibility index (Phi) is 1.99. The van der Waals surface area contributed by atoms with Crippen molar-refractivity contribution in [2.24, 2.45) is 0 Å². The Hall–Kier alpha value is -0.115. The van der Waals surface area contributed by atoms with Crippen LogP contribution in [0.2, 0.25) is 0 Å². The molecular formula is C6H10BF2N. The molecule has 4 heteroatoms. The Balaban J connectivity index is 2.52. The van der Waals surface area contributed by atoms with Gasteiger partial charge in [0.15, 0.2) is 0 Å². The van der Waals surface area contributed by atoms with Crippen molar-refractivity contribution in [1.29, 1.82) is 0 Å². The van der Waals surface area contributed by atoms with E-state index in [4.69, 9.17) is 7.85 Å². The normalized spacial score (nSPS) is 42.5. The molecule has 2 atom stereocenters. The summed E-state index contributed by atoms with van der Waals surface area (Å²) in [7, 11) is 6.84. The number of halogens is 2. The van der Waals surface area contributed by atoms with Crippen LogP contribution in [-0.2, 0) is 0 Å². The molecule has 0 N–H and O–H groups in total. The maximum atomic E-state index is 12.9. The molecule has 2 unspecified atom stereocenters. The Labute approximate surface area is 60.8 Å². The molecule has 1 rings (SSSR count). The van der Waals surface area contributed by atoms with Crippen LogP contribution in [-0.4, -0.2) is 44.6 Å². The first-order valence-electron chi connectivity index (χ1n) is 3.29. The molecule has 0 saturated carbocycles. The van der Waals surface area contributed by atoms with E-state index in [2.05, 4.69) is 0 Å². The van der Waals surface area contributed by atoms with E-state index in [1.165, 1.54) is 0 Å². The molecule has 1 heterocycles. The second-order valence-electron chi connectivity index (χ2n) is 2.96. The van der Waals surface area contributed by atoms with Crippen LogP contribution >= 0.6 is 0 Å². The van der Waals surface area contributed by atoms with Crippen LogP contribution in [0.4, 0.5) is 8.78 Å². The van der Waals surface area contributed by atoms with E-state index in [9.17, 15) is 8.78 Å². The van der Waals surface area contributed by atoms with Gasteiger partial charge >= 0.3 is 0 Å². The van der Waals surface area contributed by atoms with Gasteiger partial charge in [0.25, 0.3) is 0 Å². The maximum absolute atomic E-state index is 12.9. The zero-order valence-corrected chi connectivity index (χ0v) is 5.98. The standard InChI is InChI=1S/C6H10BF2N/c1-10-4-6(7,9)2-5(10)3-8/h5H,2-4H2,1H3. The molecule has 56 valence electrons. The highest BCUT2D eigenvalue weighted by atomic mass is 19.1. The summed E-state index contributed by atoms with van der Waals surface area (Å²) in [5.41, 5.74) is -1.68. The molecular weight excluding hydrogens is 135 g/mol. The van der Waals surface area contributed by atoms with Gasteiger partial charge in [0.1, 0.15) is 14.5 Å². The number of rotatable bonds is 1. The number of nitrogens with zero attached hydrogens (tertiary/aromatic N) is 1. The van der Waals surface area contributed by atoms with E-state index in [-0.39, 0.29) is 19.0 Å². The molecule has 1 fully saturated rings. The average Bonchev–Trinajstić information content (AvgIpc) is 2.05. The lowest BCUT2D eigenvalue weighted by atomic mass is 9.82. The lowest BCUT2D eigenvalue weighted by molar-refractivity contribution is 0.248. The van der Waals surface area contributed by atoms with Crippen LogP contribution in [0, 0.1) is 0 Å². The fourth-order valence-electron chi connectivity index (χ4n) is 1.33. The predicted molar refractivity (Wildman–Crippen MR) is 36.6 cm³/mol. The summed E-state index contributed by atoms with van der Waals surface area (Å²) in [6.07, 6.45) is 0.111. The Morgan fingerprint density at radius 1 is 1.80 bits per heavy atom. The highest BCUT2D eigenvalue weighted by molar-refractivity contribution is 6.14. The van der Waals surface area contributed by atoms with Crippen molar-refractivity contribution >= 4 is 7.85 Å². The van der Waals surface area contributed by atoms with Crippen LogP contribution < -0.4 is 0 Å². The first-order valence-corrected chi connectivity index (χ1v) is 3.29. The molecule has 0 amide bonds. The summed E-state index contributed by atoms with van der Waals surface area (Å²) in [5.74, 6) is 0. The van der Waals surface area contributed by atoms with Gasteiger partial charge in [-0.1, -0.05) is 0 Å². The molecule has 0 aliphatic carbocycles. The van der Waals surface area contributed by atoms with E-state index in [1.807, 2.05) is 0 Å². The van der Waals surface area contributed by atoms with Crippen molar-refractivity contribution in [3.63, 3.8) is 0 Å². The lowest BCUT2D eigenvalue weighted by Crippen LogP contribution is -2.28. The highest BCUT2D eigenvalue weighted by Gasteiger charge is 2.38. The average molecular weight is 145 g/mol. The predicted octanol–water partition coefficient (Wildman–Crippen LogP) is 0.494. The summed E-state index contributed by atoms with van der Waals surface area (Å²) in [5, 5.41) is 0. The van der Waals surface area contributed by atoms with Crippen LogP contribution in [0.3, 0.4) is 0 Å². The third kappa shape index (κ3) is 1.48. The van der Waals surface area contributed by atoms with Crippen molar-refractivity contribution in [3.05, 3.63) is 0 Å². The molecule has 10 heavy (non-hydrogen) atoms. The summed E-state index contributed by atoms with van der Waals surface area (Å²) in [4.78, 5) is 1.61. The highest BCUT2D eigenvalue weighted by Crippen LogP contribution is 2.26. The Morgan fingerprint density at radius 3 is 2.60 bits per heavy atom. The molecule has 0 aromatic carbocycles. The van der Waals surface area contributed by atoms with Crippen LogP contribution in [0.5, 0.6) is 0 Å². The molecule has 0 aromatic heterocycles. The zero-order valence-electron chi connectivity index (χ0n) is 5.98. The minimum absolute atomic E-state index is 0.111. The van der Waals surface area contributed by atoms with Gasteiger partial charge in [-0.3, -0.25) is 9.29 Å². The molecule has 1 nitrogen and oxygen atoms in total. The smallest absolute Gasteiger partial charge is 0.123 e. The fourth-order valence-corrected chi connectivity index (χ4v) is 1.33. The van der Waals surface area contributed by atoms with Gasteiger partial charge in [-0.2, -0.15) is 0 Å². The molecule has 0 aromatic rings. The van der Waals surface area contributed by atoms with Crippen molar-refractivity contribution in [3.8, 4) is 0 Å². The molecule has 0 spiro atoms. The van der Waals surface area contributed by atoms with E-state index in [0.717, 1.165) is 0 Å². The van der Waals surface area contributed by atoms with Gasteiger partial charge in [-0.25, -0.2) is 4.39 Å². The fraction of sp³-hybridized carbons (Fsp3) is 1.00. The van der Waals surface area contributed by atoms with Gasteiger partial charge < -0.3 is 0 Å². The van der Waals surface area contributed by atoms with Crippen LogP contribution in [0.25, 0.3) is 0 Å². The third-order valence-corrected chi connectivity index (χ3v) is 1.89. The number of likely N-dealkylation sites (tertiary alicyclic amines) is 1. The molecule has 1 aliphatic heterocycles. The van der Waals surface area contributed by atoms with Crippen LogP contribution in [0.15, 0.2) is 0 Å². The largest absolute Gasteiger partial charge is 0.298 e. The van der Waals surface area contributed by atoms with Gasteiger partial charge in [-0.05, 0) is 13.5 Å². The summed E-state index contributed by atoms with van der Waals surface area (Å²) < 4.78 is 24.9. The van der Waals surface area contributed by atoms with Crippen molar-refractivity contribution in [2.45, 2.75) is 18.0 Å². The van der Waals surface area contributed by atoms with E-state index < -0.39 is 12.2 Å². The molecule has 0 bridgehead atoms. The summed E-state index contributed by atoms with van der Waals surface area (Å²) in [6.45, 7) is -0.374. The zero-order chi connectivity index (χ0) is 7.78. The maximum Gasteiger partial charge on any atom is 0.123 e. The number of hydrogen-bond donors (Lipinski definition) is 0.